The molecule has 0 aromatic carbocycles. The van der Waals surface area contributed by atoms with Gasteiger partial charge >= 0.3 is 11.9 Å². The molecule has 0 aliphatic heterocycles. The van der Waals surface area contributed by atoms with Crippen LogP contribution in [0.25, 0.3) is 0 Å². The highest BCUT2D eigenvalue weighted by atomic mass is 16.6. The molecular formula is C8H14N4O5. The smallest absolute Gasteiger partial charge is 0.331 e. The summed E-state index contributed by atoms with van der Waals surface area (Å²) in [5.41, 5.74) is 20.0. The Kier molecular flexibility index (Phi) is 5.78. The van der Waals surface area contributed by atoms with E-state index >= 15 is 0 Å². The van der Waals surface area contributed by atoms with Crippen molar-refractivity contribution in [1.29, 1.82) is 0 Å². The van der Waals surface area contributed by atoms with Crippen LogP contribution >= 0.6 is 0 Å². The Hall–Kier alpha value is -2.00. The van der Waals surface area contributed by atoms with Gasteiger partial charge in [0.1, 0.15) is 12.1 Å². The maximum Gasteiger partial charge on any atom is 0.331 e. The second-order valence-electron chi connectivity index (χ2n) is 3.29. The Bertz CT molecular complexity index is 311. The number of hydrogen-bond acceptors (Lipinski definition) is 7. The number of nitrogens with two attached hydrogens (primary N) is 4. The molecule has 2 atom stereocenters. The van der Waals surface area contributed by atoms with Gasteiger partial charge in [-0.2, -0.15) is 0 Å². The minimum atomic E-state index is -1.35. The normalized spacial score (nSPS) is 13.5. The molecule has 0 aliphatic rings. The molecule has 1 unspecified atom stereocenters. The average Bonchev–Trinajstić information content (AvgIpc) is 2.15. The molecule has 8 N–H and O–H groups in total. The van der Waals surface area contributed by atoms with Crippen molar-refractivity contribution in [2.45, 2.75) is 24.9 Å². The van der Waals surface area contributed by atoms with Gasteiger partial charge in [-0.25, -0.2) is 9.59 Å². The quantitative estimate of drug-likeness (QED) is 0.276. The highest BCUT2D eigenvalue weighted by Crippen LogP contribution is 1.96. The van der Waals surface area contributed by atoms with Gasteiger partial charge in [-0.15, -0.1) is 0 Å². The lowest BCUT2D eigenvalue weighted by molar-refractivity contribution is -0.162. The van der Waals surface area contributed by atoms with Crippen LogP contribution in [-0.2, 0) is 23.9 Å². The Morgan fingerprint density at radius 2 is 1.12 bits per heavy atom. The number of ether oxygens (including phenoxy) is 1. The number of esters is 2. The molecule has 0 saturated heterocycles. The van der Waals surface area contributed by atoms with E-state index < -0.39 is 48.7 Å². The van der Waals surface area contributed by atoms with Crippen molar-refractivity contribution in [2.75, 3.05) is 0 Å². The van der Waals surface area contributed by atoms with E-state index in [2.05, 4.69) is 4.74 Å². The Morgan fingerprint density at radius 1 is 0.824 bits per heavy atom. The number of rotatable bonds is 6. The predicted molar refractivity (Wildman–Crippen MR) is 54.7 cm³/mol. The van der Waals surface area contributed by atoms with Crippen LogP contribution in [0.5, 0.6) is 0 Å². The summed E-state index contributed by atoms with van der Waals surface area (Å²) in [6, 6.07) is -2.70. The van der Waals surface area contributed by atoms with Crippen molar-refractivity contribution in [2.24, 2.45) is 22.9 Å². The lowest BCUT2D eigenvalue weighted by atomic mass is 10.2. The summed E-state index contributed by atoms with van der Waals surface area (Å²) in [7, 11) is 0. The van der Waals surface area contributed by atoms with Crippen LogP contribution in [0.15, 0.2) is 0 Å². The first kappa shape index (κ1) is 15.0. The van der Waals surface area contributed by atoms with E-state index in [0.29, 0.717) is 0 Å². The second kappa shape index (κ2) is 6.55. The molecule has 0 aliphatic carbocycles. The van der Waals surface area contributed by atoms with Crippen LogP contribution in [0.2, 0.25) is 0 Å². The number of carbonyl (C=O) groups excluding carboxylic acids is 4. The van der Waals surface area contributed by atoms with Crippen molar-refractivity contribution >= 4 is 23.8 Å². The zero-order chi connectivity index (χ0) is 13.6. The van der Waals surface area contributed by atoms with Crippen LogP contribution in [-0.4, -0.2) is 35.8 Å². The van der Waals surface area contributed by atoms with Crippen molar-refractivity contribution in [1.82, 2.24) is 0 Å². The van der Waals surface area contributed by atoms with Crippen molar-refractivity contribution in [3.05, 3.63) is 0 Å². The fraction of sp³-hybridized carbons (Fsp3) is 0.500. The maximum atomic E-state index is 11.1. The van der Waals surface area contributed by atoms with Crippen LogP contribution in [0, 0.1) is 0 Å². The fourth-order valence-corrected chi connectivity index (χ4v) is 0.851. The number of amides is 2. The van der Waals surface area contributed by atoms with Gasteiger partial charge in [-0.05, 0) is 0 Å². The molecule has 9 heteroatoms. The predicted octanol–water partition coefficient (Wildman–Crippen LogP) is -3.54. The number of carbonyl (C=O) groups is 4. The minimum absolute atomic E-state index is 0.461. The topological polar surface area (TPSA) is 182 Å². The molecule has 0 radical (unpaired) electrons. The molecule has 0 saturated carbocycles. The van der Waals surface area contributed by atoms with Crippen molar-refractivity contribution < 1.29 is 23.9 Å². The highest BCUT2D eigenvalue weighted by molar-refractivity contribution is 5.94. The SMILES string of the molecule is NC(=O)CC(N)C(=O)OC(=O)[C@@H](N)CC(N)=O. The minimum Gasteiger partial charge on any atom is -0.391 e. The molecule has 0 fully saturated rings. The van der Waals surface area contributed by atoms with Gasteiger partial charge in [0, 0.05) is 0 Å². The van der Waals surface area contributed by atoms with Gasteiger partial charge in [0.15, 0.2) is 0 Å². The van der Waals surface area contributed by atoms with Gasteiger partial charge in [0.05, 0.1) is 12.8 Å². The third-order valence-electron chi connectivity index (χ3n) is 1.65. The van der Waals surface area contributed by atoms with Gasteiger partial charge in [0.2, 0.25) is 11.8 Å². The molecule has 0 aromatic rings. The summed E-state index contributed by atoms with van der Waals surface area (Å²) in [4.78, 5) is 43.1. The third-order valence-corrected chi connectivity index (χ3v) is 1.65. The molecule has 0 aromatic heterocycles. The summed E-state index contributed by atoms with van der Waals surface area (Å²) in [6.07, 6.45) is -0.922. The first-order valence-corrected chi connectivity index (χ1v) is 4.57. The summed E-state index contributed by atoms with van der Waals surface area (Å²) in [5, 5.41) is 0. The van der Waals surface area contributed by atoms with E-state index in [9.17, 15) is 19.2 Å². The summed E-state index contributed by atoms with van der Waals surface area (Å²) >= 11 is 0. The average molecular weight is 246 g/mol. The van der Waals surface area contributed by atoms with Gasteiger partial charge in [-0.1, -0.05) is 0 Å². The molecule has 9 nitrogen and oxygen atoms in total. The fourth-order valence-electron chi connectivity index (χ4n) is 0.851. The number of primary amides is 2. The van der Waals surface area contributed by atoms with Crippen LogP contribution in [0.1, 0.15) is 12.8 Å². The lowest BCUT2D eigenvalue weighted by Gasteiger charge is -2.11. The summed E-state index contributed by atoms with van der Waals surface area (Å²) in [5.74, 6) is -3.92. The van der Waals surface area contributed by atoms with E-state index in [1.807, 2.05) is 0 Å². The first-order valence-electron chi connectivity index (χ1n) is 4.57. The van der Waals surface area contributed by atoms with E-state index in [1.54, 1.807) is 0 Å². The maximum absolute atomic E-state index is 11.1. The molecule has 0 spiro atoms. The highest BCUT2D eigenvalue weighted by Gasteiger charge is 2.25. The zero-order valence-electron chi connectivity index (χ0n) is 8.92. The summed E-state index contributed by atoms with van der Waals surface area (Å²) < 4.78 is 4.23. The monoisotopic (exact) mass is 246 g/mol. The summed E-state index contributed by atoms with van der Waals surface area (Å²) in [6.45, 7) is 0. The van der Waals surface area contributed by atoms with Crippen molar-refractivity contribution in [3.8, 4) is 0 Å². The standard InChI is InChI=1S/C8H14N4O5/c9-3(1-5(11)13)7(15)17-8(16)4(10)2-6(12)14/h3-4H,1-2,9-10H2,(H2,11,13)(H2,12,14)/t3-,4?/m0/s1. The Morgan fingerprint density at radius 3 is 1.35 bits per heavy atom. The second-order valence-corrected chi connectivity index (χ2v) is 3.29. The lowest BCUT2D eigenvalue weighted by Crippen LogP contribution is -2.42. The molecule has 0 bridgehead atoms. The molecular weight excluding hydrogens is 232 g/mol. The molecule has 0 rings (SSSR count). The van der Waals surface area contributed by atoms with Gasteiger partial charge in [0.25, 0.3) is 0 Å². The van der Waals surface area contributed by atoms with Crippen LogP contribution in [0.3, 0.4) is 0 Å². The van der Waals surface area contributed by atoms with Gasteiger partial charge in [-0.3, -0.25) is 9.59 Å². The zero-order valence-corrected chi connectivity index (χ0v) is 8.92. The molecule has 0 heterocycles. The Labute approximate surface area is 96.4 Å². The molecule has 17 heavy (non-hydrogen) atoms. The van der Waals surface area contributed by atoms with E-state index in [4.69, 9.17) is 22.9 Å². The van der Waals surface area contributed by atoms with E-state index in [0.717, 1.165) is 0 Å². The molecule has 96 valence electrons. The van der Waals surface area contributed by atoms with E-state index in [-0.39, 0.29) is 0 Å². The van der Waals surface area contributed by atoms with Crippen LogP contribution in [0.4, 0.5) is 0 Å². The Balaban J connectivity index is 4.24. The van der Waals surface area contributed by atoms with Crippen LogP contribution < -0.4 is 22.9 Å². The molecule has 2 amide bonds. The van der Waals surface area contributed by atoms with Gasteiger partial charge < -0.3 is 27.7 Å². The first-order chi connectivity index (χ1) is 7.73. The largest absolute Gasteiger partial charge is 0.391 e. The van der Waals surface area contributed by atoms with Crippen molar-refractivity contribution in [3.63, 3.8) is 0 Å². The third kappa shape index (κ3) is 6.22. The number of hydrogen-bond donors (Lipinski definition) is 4. The van der Waals surface area contributed by atoms with E-state index in [1.165, 1.54) is 0 Å².